The van der Waals surface area contributed by atoms with Gasteiger partial charge in [-0.3, -0.25) is 15.0 Å². The van der Waals surface area contributed by atoms with E-state index in [1.165, 1.54) is 0 Å². The van der Waals surface area contributed by atoms with E-state index in [0.29, 0.717) is 12.1 Å². The number of para-hydroxylation sites is 1. The number of nitrogens with zero attached hydrogens (tertiary/aromatic N) is 2. The van der Waals surface area contributed by atoms with Gasteiger partial charge >= 0.3 is 0 Å². The van der Waals surface area contributed by atoms with Gasteiger partial charge in [-0.1, -0.05) is 39.0 Å². The molecule has 0 spiro atoms. The van der Waals surface area contributed by atoms with Crippen LogP contribution in [-0.4, -0.2) is 35.4 Å². The number of hydrazone groups is 1. The molecule has 2 unspecified atom stereocenters. The van der Waals surface area contributed by atoms with Gasteiger partial charge in [-0.25, -0.2) is 0 Å². The van der Waals surface area contributed by atoms with Crippen molar-refractivity contribution in [2.45, 2.75) is 46.5 Å². The maximum Gasteiger partial charge on any atom is 0.237 e. The number of carbonyl (C=O) groups is 2. The average Bonchev–Trinajstić information content (AvgIpc) is 3.25. The smallest absolute Gasteiger partial charge is 0.237 e. The molecule has 1 aromatic rings. The third-order valence-electron chi connectivity index (χ3n) is 7.40. The van der Waals surface area contributed by atoms with Gasteiger partial charge in [-0.2, -0.15) is 5.10 Å². The number of Topliss-reactive ketones (excluding diaryl/α,β-unsaturated/α-hetero) is 1. The van der Waals surface area contributed by atoms with Crippen LogP contribution in [0.2, 0.25) is 0 Å². The van der Waals surface area contributed by atoms with Crippen LogP contribution < -0.4 is 5.43 Å². The maximum atomic E-state index is 13.5. The van der Waals surface area contributed by atoms with E-state index in [9.17, 15) is 9.59 Å². The first-order valence-electron chi connectivity index (χ1n) is 9.58. The zero-order valence-corrected chi connectivity index (χ0v) is 15.8. The summed E-state index contributed by atoms with van der Waals surface area (Å²) in [5.41, 5.74) is 2.63. The van der Waals surface area contributed by atoms with Gasteiger partial charge in [0.25, 0.3) is 0 Å². The predicted molar refractivity (Wildman–Crippen MR) is 102 cm³/mol. The number of carbonyl (C=O) groups excluding carboxylic acids is 2. The van der Waals surface area contributed by atoms with Gasteiger partial charge in [-0.05, 0) is 43.2 Å². The molecular weight excluding hydrogens is 326 g/mol. The minimum Gasteiger partial charge on any atom is -0.342 e. The molecule has 1 aromatic carbocycles. The first-order valence-corrected chi connectivity index (χ1v) is 9.58. The highest BCUT2D eigenvalue weighted by Crippen LogP contribution is 2.69. The highest BCUT2D eigenvalue weighted by atomic mass is 16.2. The number of ketones is 1. The third kappa shape index (κ3) is 2.00. The van der Waals surface area contributed by atoms with E-state index in [1.807, 2.05) is 35.2 Å². The van der Waals surface area contributed by atoms with Crippen LogP contribution in [0.3, 0.4) is 0 Å². The Hall–Kier alpha value is -2.17. The summed E-state index contributed by atoms with van der Waals surface area (Å²) >= 11 is 0. The van der Waals surface area contributed by atoms with Crippen molar-refractivity contribution in [1.82, 2.24) is 4.90 Å². The Balaban J connectivity index is 1.73. The number of hydrogen-bond donors (Lipinski definition) is 1. The highest BCUT2D eigenvalue weighted by Gasteiger charge is 2.77. The van der Waals surface area contributed by atoms with Crippen LogP contribution in [0.5, 0.6) is 0 Å². The number of fused-ring (bicyclic) bond motifs is 2. The fourth-order valence-corrected chi connectivity index (χ4v) is 5.27. The lowest BCUT2D eigenvalue weighted by Gasteiger charge is -2.39. The van der Waals surface area contributed by atoms with Crippen LogP contribution in [0, 0.1) is 16.2 Å². The van der Waals surface area contributed by atoms with Crippen LogP contribution in [0.25, 0.3) is 0 Å². The summed E-state index contributed by atoms with van der Waals surface area (Å²) < 4.78 is 0. The molecule has 1 aliphatic heterocycles. The Labute approximate surface area is 154 Å². The SMILES string of the molecule is CC12CCC(C(=O)N3CCCC3)(C(=O)/C1=N\Nc1ccccc1)C2(C)C. The lowest BCUT2D eigenvalue weighted by molar-refractivity contribution is -0.151. The van der Waals surface area contributed by atoms with Crippen molar-refractivity contribution in [3.05, 3.63) is 30.3 Å². The number of nitrogens with one attached hydrogen (secondary N) is 1. The molecule has 3 fully saturated rings. The third-order valence-corrected chi connectivity index (χ3v) is 7.40. The van der Waals surface area contributed by atoms with Crippen molar-refractivity contribution >= 4 is 23.1 Å². The number of anilines is 1. The molecule has 2 atom stereocenters. The van der Waals surface area contributed by atoms with Gasteiger partial charge in [0.2, 0.25) is 5.91 Å². The van der Waals surface area contributed by atoms with Crippen molar-refractivity contribution in [3.63, 3.8) is 0 Å². The molecule has 2 bridgehead atoms. The van der Waals surface area contributed by atoms with Gasteiger partial charge in [0, 0.05) is 18.5 Å². The number of benzene rings is 1. The monoisotopic (exact) mass is 353 g/mol. The van der Waals surface area contributed by atoms with Crippen LogP contribution in [-0.2, 0) is 9.59 Å². The summed E-state index contributed by atoms with van der Waals surface area (Å²) in [6.45, 7) is 7.81. The normalized spacial score (nSPS) is 33.9. The topological polar surface area (TPSA) is 61.8 Å². The van der Waals surface area contributed by atoms with E-state index in [-0.39, 0.29) is 17.1 Å². The second kappa shape index (κ2) is 5.66. The molecule has 1 saturated heterocycles. The van der Waals surface area contributed by atoms with Gasteiger partial charge < -0.3 is 4.90 Å². The summed E-state index contributed by atoms with van der Waals surface area (Å²) in [5.74, 6) is -0.0461. The van der Waals surface area contributed by atoms with E-state index in [4.69, 9.17) is 0 Å². The number of rotatable bonds is 3. The van der Waals surface area contributed by atoms with Gasteiger partial charge in [-0.15, -0.1) is 0 Å². The average molecular weight is 353 g/mol. The zero-order valence-electron chi connectivity index (χ0n) is 15.8. The summed E-state index contributed by atoms with van der Waals surface area (Å²) in [7, 11) is 0. The molecule has 1 N–H and O–H groups in total. The molecule has 2 saturated carbocycles. The lowest BCUT2D eigenvalue weighted by Crippen LogP contribution is -2.51. The van der Waals surface area contributed by atoms with E-state index in [0.717, 1.165) is 38.0 Å². The molecule has 0 aromatic heterocycles. The predicted octanol–water partition coefficient (Wildman–Crippen LogP) is 3.47. The summed E-state index contributed by atoms with van der Waals surface area (Å²) in [5, 5.41) is 4.52. The lowest BCUT2D eigenvalue weighted by atomic mass is 9.64. The molecule has 5 nitrogen and oxygen atoms in total. The Morgan fingerprint density at radius 3 is 2.38 bits per heavy atom. The minimum atomic E-state index is -0.955. The fourth-order valence-electron chi connectivity index (χ4n) is 5.27. The van der Waals surface area contributed by atoms with Crippen molar-refractivity contribution in [1.29, 1.82) is 0 Å². The summed E-state index contributed by atoms with van der Waals surface area (Å²) in [6.07, 6.45) is 3.52. The first kappa shape index (κ1) is 17.3. The van der Waals surface area contributed by atoms with Crippen LogP contribution in [0.15, 0.2) is 35.4 Å². The summed E-state index contributed by atoms with van der Waals surface area (Å²) in [6, 6.07) is 9.63. The Morgan fingerprint density at radius 1 is 1.08 bits per heavy atom. The minimum absolute atomic E-state index is 0.0265. The molecule has 1 heterocycles. The number of amides is 1. The summed E-state index contributed by atoms with van der Waals surface area (Å²) in [4.78, 5) is 28.9. The van der Waals surface area contributed by atoms with Crippen molar-refractivity contribution in [2.24, 2.45) is 21.3 Å². The molecule has 2 aliphatic carbocycles. The molecule has 0 radical (unpaired) electrons. The van der Waals surface area contributed by atoms with Crippen LogP contribution >= 0.6 is 0 Å². The second-order valence-corrected chi connectivity index (χ2v) is 8.63. The highest BCUT2D eigenvalue weighted by molar-refractivity contribution is 6.50. The molecular formula is C21H27N3O2. The van der Waals surface area contributed by atoms with Gasteiger partial charge in [0.15, 0.2) is 5.78 Å². The fraction of sp³-hybridized carbons (Fsp3) is 0.571. The van der Waals surface area contributed by atoms with Crippen molar-refractivity contribution in [3.8, 4) is 0 Å². The first-order chi connectivity index (χ1) is 12.3. The zero-order chi connectivity index (χ0) is 18.6. The Kier molecular flexibility index (Phi) is 3.76. The van der Waals surface area contributed by atoms with E-state index < -0.39 is 10.8 Å². The van der Waals surface area contributed by atoms with E-state index in [1.54, 1.807) is 0 Å². The maximum absolute atomic E-state index is 13.5. The molecule has 1 amide bonds. The van der Waals surface area contributed by atoms with Crippen LogP contribution in [0.4, 0.5) is 5.69 Å². The molecule has 5 heteroatoms. The molecule has 4 rings (SSSR count). The number of likely N-dealkylation sites (tertiary alicyclic amines) is 1. The van der Waals surface area contributed by atoms with Crippen molar-refractivity contribution in [2.75, 3.05) is 18.5 Å². The van der Waals surface area contributed by atoms with Crippen molar-refractivity contribution < 1.29 is 9.59 Å². The van der Waals surface area contributed by atoms with E-state index in [2.05, 4.69) is 31.3 Å². The van der Waals surface area contributed by atoms with E-state index >= 15 is 0 Å². The Bertz CT molecular complexity index is 780. The van der Waals surface area contributed by atoms with Crippen LogP contribution in [0.1, 0.15) is 46.5 Å². The molecule has 138 valence electrons. The molecule has 3 aliphatic rings. The standard InChI is InChI=1S/C21H27N3O2/c1-19(2)20(3)11-12-21(19,18(26)24-13-7-8-14-24)17(25)16(20)23-22-15-9-5-4-6-10-15/h4-6,9-10,22H,7-8,11-14H2,1-3H3/b23-16+. The molecule has 26 heavy (non-hydrogen) atoms. The van der Waals surface area contributed by atoms with Gasteiger partial charge in [0.1, 0.15) is 11.1 Å². The second-order valence-electron chi connectivity index (χ2n) is 8.63. The largest absolute Gasteiger partial charge is 0.342 e. The Morgan fingerprint density at radius 2 is 1.73 bits per heavy atom. The number of hydrogen-bond acceptors (Lipinski definition) is 4. The van der Waals surface area contributed by atoms with Gasteiger partial charge in [0.05, 0.1) is 5.69 Å². The quantitative estimate of drug-likeness (QED) is 0.668.